The summed E-state index contributed by atoms with van der Waals surface area (Å²) in [6, 6.07) is 0. The summed E-state index contributed by atoms with van der Waals surface area (Å²) in [6.45, 7) is 4.78. The molecule has 326 valence electrons. The van der Waals surface area contributed by atoms with Crippen molar-refractivity contribution in [3.8, 4) is 0 Å². The molecule has 0 radical (unpaired) electrons. The van der Waals surface area contributed by atoms with E-state index in [-0.39, 0.29) is 32.2 Å². The van der Waals surface area contributed by atoms with Crippen molar-refractivity contribution in [2.75, 3.05) is 47.5 Å². The molecule has 9 nitrogen and oxygen atoms in total. The Morgan fingerprint density at radius 1 is 0.536 bits per heavy atom. The van der Waals surface area contributed by atoms with E-state index >= 15 is 0 Å². The van der Waals surface area contributed by atoms with E-state index in [4.69, 9.17) is 18.9 Å². The lowest BCUT2D eigenvalue weighted by Crippen LogP contribution is -2.40. The zero-order chi connectivity index (χ0) is 41.4. The molecule has 2 unspecified atom stereocenters. The van der Waals surface area contributed by atoms with E-state index in [2.05, 4.69) is 50.3 Å². The fourth-order valence-corrected chi connectivity index (χ4v) is 6.04. The molecule has 0 saturated heterocycles. The normalized spacial score (nSPS) is 13.2. The Kier molecular flexibility index (Phi) is 37.6. The summed E-state index contributed by atoms with van der Waals surface area (Å²) >= 11 is 0. The monoisotopic (exact) mass is 793 g/mol. The fourth-order valence-electron chi connectivity index (χ4n) is 6.04. The number of quaternary nitrogens is 1. The number of rotatable bonds is 41. The van der Waals surface area contributed by atoms with Crippen LogP contribution in [-0.4, -0.2) is 87.4 Å². The maximum atomic E-state index is 12.7. The Bertz CT molecular complexity index is 1020. The molecule has 0 saturated carbocycles. The number of esters is 2. The molecule has 0 bridgehead atoms. The first kappa shape index (κ1) is 53.5. The number of likely N-dealkylation sites (N-methyl/N-ethyl adjacent to an activating group) is 1. The third kappa shape index (κ3) is 39.7. The number of allylic oxidation sites excluding steroid dienone is 6. The summed E-state index contributed by atoms with van der Waals surface area (Å²) in [4.78, 5) is 37.1. The van der Waals surface area contributed by atoms with Crippen molar-refractivity contribution in [2.24, 2.45) is 0 Å². The highest BCUT2D eigenvalue weighted by atomic mass is 16.7. The van der Waals surface area contributed by atoms with Gasteiger partial charge in [-0.15, -0.1) is 0 Å². The summed E-state index contributed by atoms with van der Waals surface area (Å²) < 4.78 is 22.7. The van der Waals surface area contributed by atoms with Crippen LogP contribution in [0.25, 0.3) is 0 Å². The third-order valence-electron chi connectivity index (χ3n) is 9.60. The summed E-state index contributed by atoms with van der Waals surface area (Å²) in [6.07, 6.45) is 40.6. The molecule has 0 aromatic heterocycles. The number of carbonyl (C=O) groups is 3. The highest BCUT2D eigenvalue weighted by molar-refractivity contribution is 5.71. The molecule has 2 atom stereocenters. The van der Waals surface area contributed by atoms with Crippen LogP contribution in [0.3, 0.4) is 0 Å². The van der Waals surface area contributed by atoms with Crippen LogP contribution in [0.5, 0.6) is 0 Å². The lowest BCUT2D eigenvalue weighted by Gasteiger charge is -2.25. The van der Waals surface area contributed by atoms with Gasteiger partial charge in [-0.1, -0.05) is 147 Å². The first-order valence-corrected chi connectivity index (χ1v) is 22.7. The van der Waals surface area contributed by atoms with Gasteiger partial charge in [-0.25, -0.2) is 4.79 Å². The summed E-state index contributed by atoms with van der Waals surface area (Å²) in [7, 11) is 5.94. The maximum Gasteiger partial charge on any atom is 0.361 e. The number of carbonyl (C=O) groups excluding carboxylic acids is 2. The van der Waals surface area contributed by atoms with Gasteiger partial charge in [0.1, 0.15) is 13.2 Å². The summed E-state index contributed by atoms with van der Waals surface area (Å²) in [5.41, 5.74) is 0. The molecule has 0 aliphatic carbocycles. The van der Waals surface area contributed by atoms with Gasteiger partial charge in [-0.3, -0.25) is 9.59 Å². The standard InChI is InChI=1S/C47H85NO8/c1-6-8-10-12-14-16-18-20-21-22-23-24-26-27-29-31-33-35-37-44(49)54-41-43(42-55-47(46(51)52)53-40-39-48(3,4)5)56-45(50)38-36-34-32-30-28-25-19-17-15-13-11-9-7-2/h11,13,17,19,21-22,43,47H,6-10,12,14-16,18,20,23-42H2,1-5H3/p+1/b13-11-,19-17-,22-21-. The molecule has 0 fully saturated rings. The van der Waals surface area contributed by atoms with Gasteiger partial charge in [0.05, 0.1) is 34.4 Å². The lowest BCUT2D eigenvalue weighted by atomic mass is 10.1. The second-order valence-electron chi connectivity index (χ2n) is 16.4. The zero-order valence-corrected chi connectivity index (χ0v) is 36.8. The Morgan fingerprint density at radius 2 is 1.00 bits per heavy atom. The van der Waals surface area contributed by atoms with Gasteiger partial charge < -0.3 is 28.5 Å². The van der Waals surface area contributed by atoms with E-state index in [0.29, 0.717) is 23.9 Å². The molecule has 0 aliphatic heterocycles. The molecule has 0 aromatic rings. The van der Waals surface area contributed by atoms with Crippen LogP contribution in [0, 0.1) is 0 Å². The second-order valence-corrected chi connectivity index (χ2v) is 16.4. The van der Waals surface area contributed by atoms with E-state index in [9.17, 15) is 19.5 Å². The number of hydrogen-bond donors (Lipinski definition) is 1. The van der Waals surface area contributed by atoms with Crippen LogP contribution in [0.15, 0.2) is 36.5 Å². The Morgan fingerprint density at radius 3 is 1.50 bits per heavy atom. The van der Waals surface area contributed by atoms with Crippen molar-refractivity contribution in [3.63, 3.8) is 0 Å². The van der Waals surface area contributed by atoms with Gasteiger partial charge in [-0.05, 0) is 64.2 Å². The first-order valence-electron chi connectivity index (χ1n) is 22.7. The minimum atomic E-state index is -1.51. The minimum absolute atomic E-state index is 0.184. The minimum Gasteiger partial charge on any atom is -0.477 e. The quantitative estimate of drug-likeness (QED) is 0.0214. The van der Waals surface area contributed by atoms with Crippen LogP contribution >= 0.6 is 0 Å². The zero-order valence-electron chi connectivity index (χ0n) is 36.8. The number of aliphatic carboxylic acids is 1. The Labute approximate surface area is 343 Å². The maximum absolute atomic E-state index is 12.7. The van der Waals surface area contributed by atoms with E-state index < -0.39 is 24.3 Å². The van der Waals surface area contributed by atoms with E-state index in [1.54, 1.807) is 0 Å². The number of carboxylic acid groups (broad SMARTS) is 1. The van der Waals surface area contributed by atoms with Crippen LogP contribution in [-0.2, 0) is 33.3 Å². The molecule has 9 heteroatoms. The molecular weight excluding hydrogens is 707 g/mol. The molecule has 0 aromatic carbocycles. The van der Waals surface area contributed by atoms with Gasteiger partial charge >= 0.3 is 17.9 Å². The number of ether oxygens (including phenoxy) is 4. The average molecular weight is 793 g/mol. The summed E-state index contributed by atoms with van der Waals surface area (Å²) in [5.74, 6) is -2.03. The molecule has 0 amide bonds. The predicted molar refractivity (Wildman–Crippen MR) is 230 cm³/mol. The molecule has 1 N–H and O–H groups in total. The number of unbranched alkanes of at least 4 members (excludes halogenated alkanes) is 20. The molecule has 0 aliphatic rings. The molecule has 56 heavy (non-hydrogen) atoms. The van der Waals surface area contributed by atoms with Crippen molar-refractivity contribution >= 4 is 17.9 Å². The number of carboxylic acids is 1. The fraction of sp³-hybridized carbons (Fsp3) is 0.809. The van der Waals surface area contributed by atoms with Gasteiger partial charge in [-0.2, -0.15) is 0 Å². The highest BCUT2D eigenvalue weighted by Gasteiger charge is 2.25. The largest absolute Gasteiger partial charge is 0.477 e. The predicted octanol–water partition coefficient (Wildman–Crippen LogP) is 11.8. The van der Waals surface area contributed by atoms with E-state index in [1.807, 2.05) is 21.1 Å². The highest BCUT2D eigenvalue weighted by Crippen LogP contribution is 2.14. The van der Waals surface area contributed by atoms with Crippen molar-refractivity contribution < 1.29 is 42.9 Å². The summed E-state index contributed by atoms with van der Waals surface area (Å²) in [5, 5.41) is 9.63. The van der Waals surface area contributed by atoms with Crippen molar-refractivity contribution in [3.05, 3.63) is 36.5 Å². The van der Waals surface area contributed by atoms with Gasteiger partial charge in [0.25, 0.3) is 6.29 Å². The first-order chi connectivity index (χ1) is 27.1. The SMILES string of the molecule is CCC/C=C\C/C=C\CCCCCCCC(=O)OC(COC(=O)CCCCCCCCC/C=C\CCCCCCCCC)COC(OCC[N+](C)(C)C)C(=O)O. The van der Waals surface area contributed by atoms with E-state index in [1.165, 1.54) is 89.9 Å². The van der Waals surface area contributed by atoms with E-state index in [0.717, 1.165) is 64.2 Å². The van der Waals surface area contributed by atoms with Crippen molar-refractivity contribution in [2.45, 2.75) is 200 Å². The lowest BCUT2D eigenvalue weighted by molar-refractivity contribution is -0.870. The van der Waals surface area contributed by atoms with Crippen molar-refractivity contribution in [1.29, 1.82) is 0 Å². The Balaban J connectivity index is 4.42. The van der Waals surface area contributed by atoms with Crippen LogP contribution in [0.1, 0.15) is 187 Å². The Hall–Kier alpha value is -2.49. The molecule has 0 rings (SSSR count). The van der Waals surface area contributed by atoms with Gasteiger partial charge in [0.15, 0.2) is 6.10 Å². The third-order valence-corrected chi connectivity index (χ3v) is 9.60. The van der Waals surface area contributed by atoms with Gasteiger partial charge in [0.2, 0.25) is 0 Å². The van der Waals surface area contributed by atoms with Crippen molar-refractivity contribution in [1.82, 2.24) is 0 Å². The van der Waals surface area contributed by atoms with Crippen LogP contribution < -0.4 is 0 Å². The van der Waals surface area contributed by atoms with Crippen LogP contribution in [0.2, 0.25) is 0 Å². The topological polar surface area (TPSA) is 108 Å². The second kappa shape index (κ2) is 39.3. The van der Waals surface area contributed by atoms with Crippen LogP contribution in [0.4, 0.5) is 0 Å². The average Bonchev–Trinajstić information content (AvgIpc) is 3.15. The smallest absolute Gasteiger partial charge is 0.361 e. The number of nitrogens with zero attached hydrogens (tertiary/aromatic N) is 1. The number of hydrogen-bond acceptors (Lipinski definition) is 7. The molecular formula is C47H86NO8+. The van der Waals surface area contributed by atoms with Gasteiger partial charge in [0, 0.05) is 12.8 Å². The molecule has 0 heterocycles. The molecule has 0 spiro atoms.